The largest absolute Gasteiger partial charge is 0.481 e. The summed E-state index contributed by atoms with van der Waals surface area (Å²) in [4.78, 5) is 66.4. The highest BCUT2D eigenvalue weighted by Gasteiger charge is 2.37. The number of pyridine rings is 1. The van der Waals surface area contributed by atoms with Crippen molar-refractivity contribution in [3.8, 4) is 0 Å². The van der Waals surface area contributed by atoms with Crippen molar-refractivity contribution in [3.05, 3.63) is 54.1 Å². The molecule has 0 bridgehead atoms. The predicted molar refractivity (Wildman–Crippen MR) is 130 cm³/mol. The normalized spacial score (nSPS) is 12.1. The molecule has 12 nitrogen and oxygen atoms in total. The van der Waals surface area contributed by atoms with Crippen molar-refractivity contribution in [1.29, 1.82) is 0 Å². The highest BCUT2D eigenvalue weighted by Crippen LogP contribution is 2.21. The second kappa shape index (κ2) is 13.4. The number of hydrogen-bond donors (Lipinski definition) is 5. The Labute approximate surface area is 207 Å². The van der Waals surface area contributed by atoms with Crippen LogP contribution >= 0.6 is 0 Å². The van der Waals surface area contributed by atoms with Crippen molar-refractivity contribution in [2.75, 3.05) is 17.2 Å². The molecule has 0 spiro atoms. The highest BCUT2D eigenvalue weighted by atomic mass is 16.4. The molecule has 12 heteroatoms. The number of amides is 3. The lowest BCUT2D eigenvalue weighted by atomic mass is 10.0. The van der Waals surface area contributed by atoms with Gasteiger partial charge in [0, 0.05) is 12.8 Å². The Balaban J connectivity index is 2.41. The molecule has 0 saturated carbocycles. The number of nitrogen functional groups attached to an aromatic ring is 1. The summed E-state index contributed by atoms with van der Waals surface area (Å²) < 4.78 is 0. The van der Waals surface area contributed by atoms with Gasteiger partial charge in [0.05, 0.1) is 13.0 Å². The lowest BCUT2D eigenvalue weighted by Crippen LogP contribution is -2.56. The van der Waals surface area contributed by atoms with E-state index in [-0.39, 0.29) is 30.4 Å². The van der Waals surface area contributed by atoms with Crippen LogP contribution in [-0.2, 0) is 30.4 Å². The van der Waals surface area contributed by atoms with Gasteiger partial charge in [0.25, 0.3) is 5.91 Å². The van der Waals surface area contributed by atoms with E-state index in [1.165, 1.54) is 18.2 Å². The van der Waals surface area contributed by atoms with E-state index in [1.54, 1.807) is 37.3 Å². The number of benzene rings is 1. The first kappa shape index (κ1) is 27.8. The highest BCUT2D eigenvalue weighted by molar-refractivity contribution is 6.04. The Morgan fingerprint density at radius 3 is 2.28 bits per heavy atom. The van der Waals surface area contributed by atoms with Crippen molar-refractivity contribution in [2.45, 2.75) is 44.7 Å². The van der Waals surface area contributed by atoms with Crippen LogP contribution in [0.2, 0.25) is 0 Å². The smallest absolute Gasteiger partial charge is 0.327 e. The number of nitrogens with one attached hydrogen (secondary N) is 2. The molecular weight excluding hydrogens is 470 g/mol. The average molecular weight is 500 g/mol. The number of anilines is 2. The number of carbonyl (C=O) groups excluding carboxylic acids is 3. The number of nitrogens with two attached hydrogens (primary N) is 1. The van der Waals surface area contributed by atoms with Crippen LogP contribution in [0.3, 0.4) is 0 Å². The summed E-state index contributed by atoms with van der Waals surface area (Å²) in [6, 6.07) is 9.66. The van der Waals surface area contributed by atoms with Crippen molar-refractivity contribution in [2.24, 2.45) is 0 Å². The molecule has 1 heterocycles. The van der Waals surface area contributed by atoms with Gasteiger partial charge in [-0.2, -0.15) is 0 Å². The summed E-state index contributed by atoms with van der Waals surface area (Å²) in [6.07, 6.45) is -0.198. The summed E-state index contributed by atoms with van der Waals surface area (Å²) >= 11 is 0. The fourth-order valence-electron chi connectivity index (χ4n) is 3.41. The first-order valence-electron chi connectivity index (χ1n) is 11.2. The molecule has 0 unspecified atom stereocenters. The van der Waals surface area contributed by atoms with E-state index in [1.807, 2.05) is 0 Å². The summed E-state index contributed by atoms with van der Waals surface area (Å²) in [6.45, 7) is 1.31. The van der Waals surface area contributed by atoms with Gasteiger partial charge >= 0.3 is 11.9 Å². The number of carboxylic acids is 2. The number of carbonyl (C=O) groups is 5. The molecular formula is C24H29N5O7. The molecule has 1 aromatic heterocycles. The van der Waals surface area contributed by atoms with Crippen molar-refractivity contribution < 1.29 is 34.2 Å². The fraction of sp³-hybridized carbons (Fsp3) is 0.333. The molecule has 192 valence electrons. The Hall–Kier alpha value is -4.48. The van der Waals surface area contributed by atoms with Gasteiger partial charge in [-0.05, 0) is 24.1 Å². The molecule has 0 aliphatic heterocycles. The number of rotatable bonds is 13. The van der Waals surface area contributed by atoms with Crippen LogP contribution in [0.1, 0.15) is 31.7 Å². The summed E-state index contributed by atoms with van der Waals surface area (Å²) in [5, 5.41) is 24.1. The van der Waals surface area contributed by atoms with E-state index < -0.39 is 48.8 Å². The second-order valence-electron chi connectivity index (χ2n) is 7.92. The van der Waals surface area contributed by atoms with E-state index in [2.05, 4.69) is 15.6 Å². The molecule has 2 rings (SSSR count). The minimum absolute atomic E-state index is 0.00612. The second-order valence-corrected chi connectivity index (χ2v) is 7.92. The fourth-order valence-corrected chi connectivity index (χ4v) is 3.41. The van der Waals surface area contributed by atoms with Gasteiger partial charge in [-0.3, -0.25) is 24.1 Å². The molecule has 0 aliphatic rings. The molecule has 36 heavy (non-hydrogen) atoms. The van der Waals surface area contributed by atoms with Crippen molar-refractivity contribution >= 4 is 41.3 Å². The van der Waals surface area contributed by atoms with E-state index in [0.29, 0.717) is 12.0 Å². The quantitative estimate of drug-likeness (QED) is 0.262. The molecule has 6 N–H and O–H groups in total. The van der Waals surface area contributed by atoms with Crippen LogP contribution in [0.25, 0.3) is 0 Å². The van der Waals surface area contributed by atoms with Gasteiger partial charge in [0.15, 0.2) is 0 Å². The van der Waals surface area contributed by atoms with Crippen molar-refractivity contribution in [3.63, 3.8) is 0 Å². The molecule has 0 fully saturated rings. The third-order valence-corrected chi connectivity index (χ3v) is 5.04. The van der Waals surface area contributed by atoms with E-state index in [9.17, 15) is 34.2 Å². The zero-order valence-corrected chi connectivity index (χ0v) is 19.7. The number of hydrogen-bond acceptors (Lipinski definition) is 7. The van der Waals surface area contributed by atoms with Crippen LogP contribution < -0.4 is 21.3 Å². The summed E-state index contributed by atoms with van der Waals surface area (Å²) in [5.41, 5.74) is 6.36. The minimum Gasteiger partial charge on any atom is -0.481 e. The van der Waals surface area contributed by atoms with Gasteiger partial charge in [-0.15, -0.1) is 0 Å². The monoisotopic (exact) mass is 499 g/mol. The van der Waals surface area contributed by atoms with Gasteiger partial charge < -0.3 is 26.6 Å². The third kappa shape index (κ3) is 8.38. The van der Waals surface area contributed by atoms with Gasteiger partial charge in [-0.25, -0.2) is 9.78 Å². The predicted octanol–water partition coefficient (Wildman–Crippen LogP) is 0.569. The van der Waals surface area contributed by atoms with Crippen LogP contribution in [0, 0.1) is 0 Å². The van der Waals surface area contributed by atoms with Gasteiger partial charge in [0.2, 0.25) is 11.8 Å². The molecule has 0 aliphatic carbocycles. The maximum Gasteiger partial charge on any atom is 0.327 e. The zero-order chi connectivity index (χ0) is 26.7. The number of aromatic nitrogens is 1. The number of nitrogens with zero attached hydrogens (tertiary/aromatic N) is 2. The maximum atomic E-state index is 13.6. The summed E-state index contributed by atoms with van der Waals surface area (Å²) in [5.74, 6) is -5.09. The number of carboxylic acid groups (broad SMARTS) is 2. The van der Waals surface area contributed by atoms with E-state index in [4.69, 9.17) is 5.73 Å². The van der Waals surface area contributed by atoms with Crippen LogP contribution in [0.15, 0.2) is 48.5 Å². The Bertz CT molecular complexity index is 1090. The van der Waals surface area contributed by atoms with Crippen LogP contribution in [0.5, 0.6) is 0 Å². The Morgan fingerprint density at radius 2 is 1.69 bits per heavy atom. The third-order valence-electron chi connectivity index (χ3n) is 5.04. The number of aliphatic carboxylic acids is 2. The average Bonchev–Trinajstić information content (AvgIpc) is 2.82. The molecule has 1 aromatic carbocycles. The molecule has 2 atom stereocenters. The van der Waals surface area contributed by atoms with Crippen LogP contribution in [0.4, 0.5) is 11.6 Å². The lowest BCUT2D eigenvalue weighted by molar-refractivity contribution is -0.141. The summed E-state index contributed by atoms with van der Waals surface area (Å²) in [7, 11) is 0. The van der Waals surface area contributed by atoms with Gasteiger partial charge in [-0.1, -0.05) is 43.3 Å². The van der Waals surface area contributed by atoms with E-state index >= 15 is 0 Å². The topological polar surface area (TPSA) is 192 Å². The molecule has 0 saturated heterocycles. The molecule has 0 radical (unpaired) electrons. The molecule has 3 amide bonds. The Kier molecular flexibility index (Phi) is 10.3. The zero-order valence-electron chi connectivity index (χ0n) is 19.7. The standard InChI is InChI=1S/C24H29N5O7/c1-2-7-20(30)26-14-21(31)27-16(13-22(32)33)23(34)29(19-11-6-10-18(25)28-19)17(24(35)36)12-15-8-4-3-5-9-15/h3-6,8-11,16-17H,2,7,12-14H2,1H3,(H2,25,28)(H,26,30)(H,27,31)(H,32,33)(H,35,36)/t16-,17-/m0/s1. The lowest BCUT2D eigenvalue weighted by Gasteiger charge is -2.31. The minimum atomic E-state index is -1.64. The molecule has 2 aromatic rings. The van der Waals surface area contributed by atoms with Gasteiger partial charge in [0.1, 0.15) is 23.7 Å². The van der Waals surface area contributed by atoms with E-state index in [0.717, 1.165) is 4.90 Å². The Morgan fingerprint density at radius 1 is 1.00 bits per heavy atom. The SMILES string of the molecule is CCCC(=O)NCC(=O)N[C@@H](CC(=O)O)C(=O)N(c1cccc(N)n1)[C@@H](Cc1ccccc1)C(=O)O. The maximum absolute atomic E-state index is 13.6. The first-order valence-corrected chi connectivity index (χ1v) is 11.2. The first-order chi connectivity index (χ1) is 17.1. The van der Waals surface area contributed by atoms with Crippen LogP contribution in [-0.4, -0.2) is 63.5 Å². The van der Waals surface area contributed by atoms with Crippen molar-refractivity contribution in [1.82, 2.24) is 15.6 Å².